The number of piperazine rings is 2. The molecule has 0 atom stereocenters. The van der Waals surface area contributed by atoms with Crippen LogP contribution < -0.4 is 5.32 Å². The number of hydrogen-bond acceptors (Lipinski definition) is 9. The monoisotopic (exact) mass is 866 g/mol. The fraction of sp³-hybridized carbons (Fsp3) is 0.553. The quantitative estimate of drug-likeness (QED) is 0.360. The maximum absolute atomic E-state index is 12.5. The van der Waals surface area contributed by atoms with Crippen molar-refractivity contribution in [2.75, 3.05) is 80.5 Å². The van der Waals surface area contributed by atoms with Gasteiger partial charge in [-0.25, -0.2) is 9.59 Å². The fourth-order valence-electron chi connectivity index (χ4n) is 5.01. The Bertz CT molecular complexity index is 1560. The Kier molecular flexibility index (Phi) is 17.9. The summed E-state index contributed by atoms with van der Waals surface area (Å²) in [5.74, 6) is -0.179. The smallest absolute Gasteiger partial charge is 0.410 e. The predicted molar refractivity (Wildman–Crippen MR) is 213 cm³/mol. The standard InChI is InChI=1S/C19H28BrN3O3.C10H10BrNO2.C9H18N2O2/c1-19(2,3)26-18(25)23-10-8-22(9-11-23)13-14-6-7-15(20)12-16(14)17(24)21(4)5;1-12(2)10(14)9-5-8(11)4-3-7(9)6-13;1-9(2,3)13-8(12)11-6-4-10-5-7-11/h6-7,12H,8-11,13H2,1-5H3;3-6H,1-2H3;10H,4-7H2,1-3H3. The van der Waals surface area contributed by atoms with E-state index in [0.29, 0.717) is 42.6 Å². The van der Waals surface area contributed by atoms with Crippen LogP contribution >= 0.6 is 31.9 Å². The largest absolute Gasteiger partial charge is 0.444 e. The summed E-state index contributed by atoms with van der Waals surface area (Å²) in [5.41, 5.74) is 1.66. The Balaban J connectivity index is 0.000000303. The van der Waals surface area contributed by atoms with Gasteiger partial charge in [0.05, 0.1) is 5.56 Å². The van der Waals surface area contributed by atoms with Crippen molar-refractivity contribution in [1.29, 1.82) is 0 Å². The first-order valence-corrected chi connectivity index (χ1v) is 19.1. The van der Waals surface area contributed by atoms with Crippen LogP contribution in [0.2, 0.25) is 0 Å². The number of ether oxygens (including phenoxy) is 2. The molecule has 2 aromatic carbocycles. The molecule has 0 aliphatic carbocycles. The number of carbonyl (C=O) groups is 5. The van der Waals surface area contributed by atoms with Crippen LogP contribution in [0.3, 0.4) is 0 Å². The lowest BCUT2D eigenvalue weighted by Crippen LogP contribution is -2.49. The normalized spacial score (nSPS) is 14.8. The first-order chi connectivity index (χ1) is 24.6. The van der Waals surface area contributed by atoms with E-state index in [2.05, 4.69) is 42.1 Å². The number of rotatable bonds is 5. The highest BCUT2D eigenvalue weighted by Crippen LogP contribution is 2.21. The average molecular weight is 869 g/mol. The molecule has 2 aliphatic rings. The molecule has 0 saturated carbocycles. The van der Waals surface area contributed by atoms with Gasteiger partial charge < -0.3 is 34.4 Å². The summed E-state index contributed by atoms with van der Waals surface area (Å²) in [4.78, 5) is 67.2. The average Bonchev–Trinajstić information content (AvgIpc) is 3.08. The maximum atomic E-state index is 12.5. The van der Waals surface area contributed by atoms with Gasteiger partial charge in [0, 0.05) is 107 Å². The van der Waals surface area contributed by atoms with Gasteiger partial charge in [-0.15, -0.1) is 0 Å². The van der Waals surface area contributed by atoms with E-state index < -0.39 is 5.60 Å². The number of benzene rings is 2. The molecule has 0 bridgehead atoms. The first kappa shape index (κ1) is 45.6. The first-order valence-electron chi connectivity index (χ1n) is 17.5. The summed E-state index contributed by atoms with van der Waals surface area (Å²) in [7, 11) is 6.81. The summed E-state index contributed by atoms with van der Waals surface area (Å²) in [6, 6.07) is 10.8. The number of nitrogens with one attached hydrogen (secondary N) is 1. The minimum atomic E-state index is -0.479. The maximum Gasteiger partial charge on any atom is 0.410 e. The molecule has 13 nitrogen and oxygen atoms in total. The van der Waals surface area contributed by atoms with E-state index in [1.54, 1.807) is 61.1 Å². The summed E-state index contributed by atoms with van der Waals surface area (Å²) in [6.07, 6.45) is 0.224. The number of amides is 4. The molecule has 1 N–H and O–H groups in total. The molecule has 2 fully saturated rings. The molecule has 15 heteroatoms. The van der Waals surface area contributed by atoms with Gasteiger partial charge in [0.1, 0.15) is 11.2 Å². The highest BCUT2D eigenvalue weighted by molar-refractivity contribution is 9.10. The second-order valence-corrected chi connectivity index (χ2v) is 16.8. The molecule has 4 rings (SSSR count). The van der Waals surface area contributed by atoms with E-state index in [0.717, 1.165) is 53.8 Å². The van der Waals surface area contributed by atoms with Crippen LogP contribution in [-0.4, -0.2) is 147 Å². The van der Waals surface area contributed by atoms with Crippen LogP contribution in [0.15, 0.2) is 45.3 Å². The van der Waals surface area contributed by atoms with Gasteiger partial charge in [-0.1, -0.05) is 37.9 Å². The number of carbonyl (C=O) groups excluding carboxylic acids is 5. The van der Waals surface area contributed by atoms with Crippen molar-refractivity contribution in [1.82, 2.24) is 29.8 Å². The third-order valence-electron chi connectivity index (χ3n) is 7.67. The second kappa shape index (κ2) is 20.8. The van der Waals surface area contributed by atoms with E-state index in [9.17, 15) is 24.0 Å². The van der Waals surface area contributed by atoms with Crippen LogP contribution in [0.4, 0.5) is 9.59 Å². The van der Waals surface area contributed by atoms with Gasteiger partial charge in [0.2, 0.25) is 0 Å². The number of hydrogen-bond donors (Lipinski definition) is 1. The lowest BCUT2D eigenvalue weighted by Gasteiger charge is -2.35. The van der Waals surface area contributed by atoms with Crippen molar-refractivity contribution in [3.63, 3.8) is 0 Å². The van der Waals surface area contributed by atoms with E-state index >= 15 is 0 Å². The Morgan fingerprint density at radius 2 is 1.13 bits per heavy atom. The van der Waals surface area contributed by atoms with Gasteiger partial charge in [0.25, 0.3) is 11.8 Å². The summed E-state index contributed by atoms with van der Waals surface area (Å²) in [5, 5.41) is 3.18. The fourth-order valence-corrected chi connectivity index (χ4v) is 5.74. The third-order valence-corrected chi connectivity index (χ3v) is 8.66. The Labute approximate surface area is 331 Å². The number of halogens is 2. The molecule has 4 amide bonds. The summed E-state index contributed by atoms with van der Waals surface area (Å²) < 4.78 is 12.3. The number of aldehydes is 1. The highest BCUT2D eigenvalue weighted by atomic mass is 79.9. The second-order valence-electron chi connectivity index (χ2n) is 15.0. The van der Waals surface area contributed by atoms with Crippen LogP contribution in [-0.2, 0) is 16.0 Å². The van der Waals surface area contributed by atoms with Gasteiger partial charge in [-0.3, -0.25) is 19.3 Å². The van der Waals surface area contributed by atoms with Crippen molar-refractivity contribution in [3.05, 3.63) is 67.6 Å². The van der Waals surface area contributed by atoms with Crippen molar-refractivity contribution >= 4 is 62.1 Å². The van der Waals surface area contributed by atoms with E-state index in [-0.39, 0.29) is 29.6 Å². The minimum absolute atomic E-state index is 0.00584. The molecule has 2 heterocycles. The predicted octanol–water partition coefficient (Wildman–Crippen LogP) is 5.99. The Morgan fingerprint density at radius 3 is 1.58 bits per heavy atom. The van der Waals surface area contributed by atoms with Gasteiger partial charge in [-0.2, -0.15) is 0 Å². The molecule has 0 radical (unpaired) electrons. The lowest BCUT2D eigenvalue weighted by molar-refractivity contribution is 0.0137. The molecule has 2 aliphatic heterocycles. The third kappa shape index (κ3) is 16.2. The van der Waals surface area contributed by atoms with Crippen molar-refractivity contribution < 1.29 is 33.4 Å². The SMILES string of the molecule is CC(C)(C)OC(=O)N1CCNCC1.CN(C)C(=O)c1cc(Br)ccc1C=O.CN(C)C(=O)c1cc(Br)ccc1CN1CCN(C(=O)OC(C)(C)C)CC1. The zero-order valence-corrected chi connectivity index (χ0v) is 35.9. The molecular weight excluding hydrogens is 812 g/mol. The van der Waals surface area contributed by atoms with Crippen LogP contribution in [0.25, 0.3) is 0 Å². The summed E-state index contributed by atoms with van der Waals surface area (Å²) >= 11 is 6.70. The highest BCUT2D eigenvalue weighted by Gasteiger charge is 2.27. The Hall–Kier alpha value is -3.53. The van der Waals surface area contributed by atoms with E-state index in [4.69, 9.17) is 9.47 Å². The molecule has 0 aromatic heterocycles. The number of nitrogens with zero attached hydrogens (tertiary/aromatic N) is 5. The molecular formula is C38H56Br2N6O7. The van der Waals surface area contributed by atoms with Crippen molar-refractivity contribution in [3.8, 4) is 0 Å². The van der Waals surface area contributed by atoms with Gasteiger partial charge in [0.15, 0.2) is 6.29 Å². The minimum Gasteiger partial charge on any atom is -0.444 e. The molecule has 294 valence electrons. The van der Waals surface area contributed by atoms with Crippen LogP contribution in [0.5, 0.6) is 0 Å². The zero-order chi connectivity index (χ0) is 40.1. The molecule has 0 unspecified atom stereocenters. The topological polar surface area (TPSA) is 132 Å². The van der Waals surface area contributed by atoms with E-state index in [1.165, 1.54) is 4.90 Å². The van der Waals surface area contributed by atoms with Crippen molar-refractivity contribution in [2.24, 2.45) is 0 Å². The van der Waals surface area contributed by atoms with Gasteiger partial charge in [-0.05, 0) is 77.4 Å². The molecule has 2 saturated heterocycles. The molecule has 0 spiro atoms. The summed E-state index contributed by atoms with van der Waals surface area (Å²) in [6.45, 7) is 17.9. The lowest BCUT2D eigenvalue weighted by atomic mass is 10.1. The Morgan fingerprint density at radius 1 is 0.698 bits per heavy atom. The van der Waals surface area contributed by atoms with E-state index in [1.807, 2.05) is 59.7 Å². The van der Waals surface area contributed by atoms with Crippen LogP contribution in [0, 0.1) is 0 Å². The molecule has 2 aromatic rings. The molecule has 53 heavy (non-hydrogen) atoms. The van der Waals surface area contributed by atoms with Crippen LogP contribution in [0.1, 0.15) is 78.2 Å². The van der Waals surface area contributed by atoms with Crippen molar-refractivity contribution in [2.45, 2.75) is 59.3 Å². The zero-order valence-electron chi connectivity index (χ0n) is 32.8. The van der Waals surface area contributed by atoms with Gasteiger partial charge >= 0.3 is 12.2 Å².